The number of halogens is 1. The molecule has 0 N–H and O–H groups in total. The van der Waals surface area contributed by atoms with Crippen LogP contribution in [0.15, 0.2) is 40.9 Å². The van der Waals surface area contributed by atoms with Crippen molar-refractivity contribution in [1.82, 2.24) is 20.3 Å². The molecule has 0 atom stereocenters. The minimum Gasteiger partial charge on any atom is -0.456 e. The van der Waals surface area contributed by atoms with Gasteiger partial charge in [-0.25, -0.2) is 0 Å². The lowest BCUT2D eigenvalue weighted by Crippen LogP contribution is -2.41. The lowest BCUT2D eigenvalue weighted by atomic mass is 9.75. The molecule has 32 heavy (non-hydrogen) atoms. The zero-order chi connectivity index (χ0) is 22.6. The van der Waals surface area contributed by atoms with Gasteiger partial charge in [-0.2, -0.15) is 10.2 Å². The quantitative estimate of drug-likeness (QED) is 0.516. The second-order valence-electron chi connectivity index (χ2n) is 7.72. The third-order valence-corrected chi connectivity index (χ3v) is 5.88. The normalized spacial score (nSPS) is 15.2. The topological polar surface area (TPSA) is 118 Å². The number of anilines is 1. The van der Waals surface area contributed by atoms with Crippen LogP contribution in [0.25, 0.3) is 11.5 Å². The number of carbonyl (C=O) groups is 1. The third-order valence-electron chi connectivity index (χ3n) is 5.51. The van der Waals surface area contributed by atoms with Gasteiger partial charge in [0.2, 0.25) is 5.82 Å². The Morgan fingerprint density at radius 2 is 2.03 bits per heavy atom. The number of nitrogens with zero attached hydrogens (tertiary/aromatic N) is 6. The molecule has 3 heterocycles. The fraction of sp³-hybridized carbons (Fsp3) is 0.364. The second-order valence-corrected chi connectivity index (χ2v) is 8.12. The Balaban J connectivity index is 1.39. The Kier molecular flexibility index (Phi) is 6.32. The van der Waals surface area contributed by atoms with Crippen LogP contribution in [0.1, 0.15) is 31.2 Å². The van der Waals surface area contributed by atoms with E-state index < -0.39 is 11.4 Å². The van der Waals surface area contributed by atoms with Gasteiger partial charge in [0.15, 0.2) is 12.4 Å². The number of hydrogen-bond donors (Lipinski definition) is 0. The molecule has 3 aromatic rings. The van der Waals surface area contributed by atoms with Crippen molar-refractivity contribution in [3.63, 3.8) is 0 Å². The molecule has 0 radical (unpaired) electrons. The molecule has 9 nitrogen and oxygen atoms in total. The Morgan fingerprint density at radius 1 is 1.25 bits per heavy atom. The predicted molar refractivity (Wildman–Crippen MR) is 115 cm³/mol. The maximum absolute atomic E-state index is 10.9. The summed E-state index contributed by atoms with van der Waals surface area (Å²) in [6, 6.07) is 13.8. The number of nitriles is 1. The van der Waals surface area contributed by atoms with Gasteiger partial charge in [-0.05, 0) is 43.0 Å². The molecule has 2 aromatic heterocycles. The fourth-order valence-corrected chi connectivity index (χ4v) is 3.89. The smallest absolute Gasteiger partial charge is 0.303 e. The first kappa shape index (κ1) is 21.7. The number of esters is 1. The summed E-state index contributed by atoms with van der Waals surface area (Å²) in [7, 11) is 0. The molecule has 1 aliphatic rings. The number of ether oxygens (including phenoxy) is 1. The van der Waals surface area contributed by atoms with Gasteiger partial charge in [0.25, 0.3) is 5.89 Å². The van der Waals surface area contributed by atoms with E-state index in [1.54, 1.807) is 6.07 Å². The summed E-state index contributed by atoms with van der Waals surface area (Å²) >= 11 is 6.31. The molecule has 0 saturated carbocycles. The first-order chi connectivity index (χ1) is 15.5. The van der Waals surface area contributed by atoms with Crippen molar-refractivity contribution in [1.29, 1.82) is 5.26 Å². The third kappa shape index (κ3) is 4.86. The van der Waals surface area contributed by atoms with Gasteiger partial charge in [0.05, 0.1) is 11.5 Å². The van der Waals surface area contributed by atoms with E-state index in [2.05, 4.69) is 31.3 Å². The van der Waals surface area contributed by atoms with E-state index in [1.807, 2.05) is 30.3 Å². The monoisotopic (exact) mass is 452 g/mol. The van der Waals surface area contributed by atoms with Crippen LogP contribution in [0.3, 0.4) is 0 Å². The second kappa shape index (κ2) is 9.32. The van der Waals surface area contributed by atoms with E-state index >= 15 is 0 Å². The molecule has 1 aliphatic heterocycles. The minimum absolute atomic E-state index is 0.0868. The van der Waals surface area contributed by atoms with Crippen LogP contribution in [0.2, 0.25) is 5.02 Å². The summed E-state index contributed by atoms with van der Waals surface area (Å²) in [6.45, 7) is 2.61. The zero-order valence-corrected chi connectivity index (χ0v) is 18.2. The van der Waals surface area contributed by atoms with Gasteiger partial charge in [0, 0.05) is 25.0 Å². The number of rotatable bonds is 6. The Morgan fingerprint density at radius 3 is 2.69 bits per heavy atom. The van der Waals surface area contributed by atoms with Gasteiger partial charge in [-0.3, -0.25) is 4.79 Å². The molecule has 0 spiro atoms. The number of hydrogen-bond acceptors (Lipinski definition) is 9. The fourth-order valence-electron chi connectivity index (χ4n) is 3.69. The highest BCUT2D eigenvalue weighted by atomic mass is 35.5. The minimum atomic E-state index is -0.447. The van der Waals surface area contributed by atoms with Crippen molar-refractivity contribution in [3.05, 3.63) is 52.9 Å². The number of piperidine rings is 1. The molecular weight excluding hydrogens is 432 g/mol. The van der Waals surface area contributed by atoms with Crippen molar-refractivity contribution in [3.8, 4) is 17.6 Å². The van der Waals surface area contributed by atoms with Crippen LogP contribution in [0.4, 0.5) is 5.82 Å². The molecule has 1 aromatic carbocycles. The van der Waals surface area contributed by atoms with Gasteiger partial charge in [0.1, 0.15) is 5.69 Å². The lowest BCUT2D eigenvalue weighted by molar-refractivity contribution is -0.143. The molecule has 4 rings (SSSR count). The van der Waals surface area contributed by atoms with Gasteiger partial charge < -0.3 is 14.2 Å². The van der Waals surface area contributed by atoms with Crippen molar-refractivity contribution >= 4 is 23.4 Å². The maximum atomic E-state index is 10.9. The largest absolute Gasteiger partial charge is 0.456 e. The summed E-state index contributed by atoms with van der Waals surface area (Å²) in [5.74, 6) is 0.751. The standard InChI is InChI=1S/C22H21ClN6O3/c1-15(30)31-13-20-25-21(28-32-20)18-6-7-19(27-26-18)29-10-8-22(14-24,9-11-29)12-16-4-2-3-5-17(16)23/h2-7H,8-13H2,1H3. The van der Waals surface area contributed by atoms with Crippen molar-refractivity contribution < 1.29 is 14.1 Å². The van der Waals surface area contributed by atoms with Crippen molar-refractivity contribution in [2.75, 3.05) is 18.0 Å². The molecule has 0 unspecified atom stereocenters. The molecule has 0 amide bonds. The first-order valence-corrected chi connectivity index (χ1v) is 10.6. The van der Waals surface area contributed by atoms with Gasteiger partial charge in [-0.1, -0.05) is 35.0 Å². The van der Waals surface area contributed by atoms with Crippen LogP contribution in [-0.4, -0.2) is 39.4 Å². The van der Waals surface area contributed by atoms with E-state index in [0.29, 0.717) is 43.1 Å². The van der Waals surface area contributed by atoms with E-state index in [-0.39, 0.29) is 18.3 Å². The van der Waals surface area contributed by atoms with E-state index in [0.717, 1.165) is 11.4 Å². The van der Waals surface area contributed by atoms with Crippen molar-refractivity contribution in [2.24, 2.45) is 5.41 Å². The molecule has 10 heteroatoms. The van der Waals surface area contributed by atoms with Gasteiger partial charge >= 0.3 is 5.97 Å². The average molecular weight is 453 g/mol. The molecule has 0 aliphatic carbocycles. The van der Waals surface area contributed by atoms with Crippen LogP contribution < -0.4 is 4.90 Å². The summed E-state index contributed by atoms with van der Waals surface area (Å²) in [5.41, 5.74) is 1.01. The Bertz CT molecular complexity index is 1130. The Hall–Kier alpha value is -3.51. The zero-order valence-electron chi connectivity index (χ0n) is 17.5. The highest BCUT2D eigenvalue weighted by molar-refractivity contribution is 6.31. The summed E-state index contributed by atoms with van der Waals surface area (Å²) in [4.78, 5) is 17.2. The molecule has 0 bridgehead atoms. The van der Waals surface area contributed by atoms with Crippen molar-refractivity contribution in [2.45, 2.75) is 32.8 Å². The van der Waals surface area contributed by atoms with Crippen LogP contribution in [0, 0.1) is 16.7 Å². The van der Waals surface area contributed by atoms with Crippen LogP contribution in [0.5, 0.6) is 0 Å². The Labute approximate surface area is 190 Å². The van der Waals surface area contributed by atoms with Crippen LogP contribution in [-0.2, 0) is 22.6 Å². The summed E-state index contributed by atoms with van der Waals surface area (Å²) < 4.78 is 9.89. The highest BCUT2D eigenvalue weighted by Crippen LogP contribution is 2.37. The lowest BCUT2D eigenvalue weighted by Gasteiger charge is -2.38. The highest BCUT2D eigenvalue weighted by Gasteiger charge is 2.36. The first-order valence-electron chi connectivity index (χ1n) is 10.2. The SMILES string of the molecule is CC(=O)OCc1nc(-c2ccc(N3CCC(C#N)(Cc4ccccc4Cl)CC3)nn2)no1. The number of carbonyl (C=O) groups excluding carboxylic acids is 1. The van der Waals surface area contributed by atoms with E-state index in [9.17, 15) is 10.1 Å². The van der Waals surface area contributed by atoms with E-state index in [1.165, 1.54) is 6.92 Å². The van der Waals surface area contributed by atoms with Crippen LogP contribution >= 0.6 is 11.6 Å². The number of aromatic nitrogens is 4. The molecule has 1 fully saturated rings. The maximum Gasteiger partial charge on any atom is 0.303 e. The molecule has 1 saturated heterocycles. The summed E-state index contributed by atoms with van der Waals surface area (Å²) in [5, 5.41) is 22.9. The molecule has 164 valence electrons. The molecular formula is C22H21ClN6O3. The number of benzene rings is 1. The van der Waals surface area contributed by atoms with E-state index in [4.69, 9.17) is 20.9 Å². The van der Waals surface area contributed by atoms with Gasteiger partial charge in [-0.15, -0.1) is 10.2 Å². The average Bonchev–Trinajstić information content (AvgIpc) is 3.29. The predicted octanol–water partition coefficient (Wildman–Crippen LogP) is 3.60. The summed E-state index contributed by atoms with van der Waals surface area (Å²) in [6.07, 6.45) is 2.06.